The van der Waals surface area contributed by atoms with Gasteiger partial charge in [0, 0.05) is 51.5 Å². The second-order valence-electron chi connectivity index (χ2n) is 6.19. The molecule has 7 nitrogen and oxygen atoms in total. The number of methoxy groups -OCH3 is 1. The molecule has 0 aromatic carbocycles. The quantitative estimate of drug-likeness (QED) is 0.834. The van der Waals surface area contributed by atoms with Crippen LogP contribution in [0.15, 0.2) is 29.0 Å². The smallest absolute Gasteiger partial charge is 0.255 e. The molecule has 0 radical (unpaired) electrons. The molecule has 0 atom stereocenters. The number of aryl methyl sites for hydroxylation is 1. The minimum Gasteiger partial charge on any atom is -0.385 e. The first-order valence-corrected chi connectivity index (χ1v) is 8.14. The number of carbonyl (C=O) groups is 1. The van der Waals surface area contributed by atoms with Crippen LogP contribution in [0.25, 0.3) is 0 Å². The zero-order valence-electron chi connectivity index (χ0n) is 14.1. The maximum atomic E-state index is 12.6. The molecule has 0 bridgehead atoms. The minimum absolute atomic E-state index is 0.0211. The Morgan fingerprint density at radius 2 is 2.21 bits per heavy atom. The van der Waals surface area contributed by atoms with Crippen molar-refractivity contribution >= 4 is 5.91 Å². The summed E-state index contributed by atoms with van der Waals surface area (Å²) in [5, 5.41) is 4.14. The Hall–Kier alpha value is -2.28. The average Bonchev–Trinajstić information content (AvgIpc) is 3.07. The Bertz CT molecular complexity index is 678. The summed E-state index contributed by atoms with van der Waals surface area (Å²) in [5.74, 6) is 1.31. The zero-order chi connectivity index (χ0) is 17.0. The highest BCUT2D eigenvalue weighted by Crippen LogP contribution is 2.37. The number of pyridine rings is 1. The van der Waals surface area contributed by atoms with Gasteiger partial charge in [-0.3, -0.25) is 9.78 Å². The summed E-state index contributed by atoms with van der Waals surface area (Å²) in [7, 11) is 1.69. The van der Waals surface area contributed by atoms with Crippen molar-refractivity contribution in [2.24, 2.45) is 0 Å². The van der Waals surface area contributed by atoms with Gasteiger partial charge < -0.3 is 14.2 Å². The van der Waals surface area contributed by atoms with E-state index in [-0.39, 0.29) is 11.3 Å². The van der Waals surface area contributed by atoms with E-state index in [0.29, 0.717) is 31.2 Å². The molecule has 3 heterocycles. The predicted octanol–water partition coefficient (Wildman–Crippen LogP) is 1.98. The van der Waals surface area contributed by atoms with Crippen molar-refractivity contribution in [3.05, 3.63) is 41.8 Å². The normalized spacial score (nSPS) is 17.0. The molecule has 7 heteroatoms. The van der Waals surface area contributed by atoms with E-state index >= 15 is 0 Å². The fraction of sp³-hybridized carbons (Fsp3) is 0.529. The SMILES string of the molecule is COCCC1(c2noc(C)n2)CCN(C(=O)c2cccnc2)CC1. The molecular weight excluding hydrogens is 308 g/mol. The van der Waals surface area contributed by atoms with Crippen LogP contribution in [0.2, 0.25) is 0 Å². The van der Waals surface area contributed by atoms with Crippen LogP contribution in [0.5, 0.6) is 0 Å². The fourth-order valence-electron chi connectivity index (χ4n) is 3.21. The van der Waals surface area contributed by atoms with Gasteiger partial charge in [-0.2, -0.15) is 4.98 Å². The number of likely N-dealkylation sites (tertiary alicyclic amines) is 1. The summed E-state index contributed by atoms with van der Waals surface area (Å²) >= 11 is 0. The lowest BCUT2D eigenvalue weighted by Gasteiger charge is -2.39. The van der Waals surface area contributed by atoms with Crippen molar-refractivity contribution in [1.29, 1.82) is 0 Å². The molecule has 0 saturated carbocycles. The van der Waals surface area contributed by atoms with E-state index in [4.69, 9.17) is 9.26 Å². The van der Waals surface area contributed by atoms with E-state index in [1.54, 1.807) is 38.6 Å². The maximum absolute atomic E-state index is 12.6. The lowest BCUT2D eigenvalue weighted by molar-refractivity contribution is 0.0616. The first kappa shape index (κ1) is 16.6. The summed E-state index contributed by atoms with van der Waals surface area (Å²) in [6.07, 6.45) is 5.68. The molecule has 0 unspecified atom stereocenters. The van der Waals surface area contributed by atoms with Crippen molar-refractivity contribution in [2.45, 2.75) is 31.6 Å². The number of nitrogens with zero attached hydrogens (tertiary/aromatic N) is 4. The molecule has 128 valence electrons. The van der Waals surface area contributed by atoms with E-state index in [0.717, 1.165) is 25.1 Å². The predicted molar refractivity (Wildman–Crippen MR) is 86.6 cm³/mol. The molecule has 1 amide bonds. The molecule has 0 N–H and O–H groups in total. The highest BCUT2D eigenvalue weighted by atomic mass is 16.5. The van der Waals surface area contributed by atoms with Crippen LogP contribution < -0.4 is 0 Å². The summed E-state index contributed by atoms with van der Waals surface area (Å²) < 4.78 is 10.4. The van der Waals surface area contributed by atoms with E-state index in [1.807, 2.05) is 4.90 Å². The first-order chi connectivity index (χ1) is 11.6. The third-order valence-corrected chi connectivity index (χ3v) is 4.70. The van der Waals surface area contributed by atoms with Crippen LogP contribution in [0.4, 0.5) is 0 Å². The molecule has 0 aliphatic carbocycles. The van der Waals surface area contributed by atoms with Gasteiger partial charge in [-0.1, -0.05) is 5.16 Å². The van der Waals surface area contributed by atoms with Crippen LogP contribution in [-0.2, 0) is 10.2 Å². The molecular formula is C17H22N4O3. The number of piperidine rings is 1. The van der Waals surface area contributed by atoms with Crippen LogP contribution in [-0.4, -0.2) is 52.7 Å². The van der Waals surface area contributed by atoms with Crippen LogP contribution in [0.3, 0.4) is 0 Å². The molecule has 1 fully saturated rings. The Morgan fingerprint density at radius 3 is 2.79 bits per heavy atom. The number of hydrogen-bond donors (Lipinski definition) is 0. The second-order valence-corrected chi connectivity index (χ2v) is 6.19. The standard InChI is InChI=1S/C17H22N4O3/c1-13-19-16(20-24-13)17(7-11-23-2)5-9-21(10-6-17)15(22)14-4-3-8-18-12-14/h3-4,8,12H,5-7,9-11H2,1-2H3. The van der Waals surface area contributed by atoms with Crippen LogP contribution in [0, 0.1) is 6.92 Å². The van der Waals surface area contributed by atoms with E-state index in [1.165, 1.54) is 0 Å². The summed E-state index contributed by atoms with van der Waals surface area (Å²) in [5.41, 5.74) is 0.428. The molecule has 2 aromatic heterocycles. The first-order valence-electron chi connectivity index (χ1n) is 8.14. The van der Waals surface area contributed by atoms with E-state index in [9.17, 15) is 4.79 Å². The van der Waals surface area contributed by atoms with Crippen molar-refractivity contribution in [3.63, 3.8) is 0 Å². The minimum atomic E-state index is -0.195. The zero-order valence-corrected chi connectivity index (χ0v) is 14.1. The Kier molecular flexibility index (Phi) is 4.89. The fourth-order valence-corrected chi connectivity index (χ4v) is 3.21. The number of ether oxygens (including phenoxy) is 1. The van der Waals surface area contributed by atoms with Crippen molar-refractivity contribution in [1.82, 2.24) is 20.0 Å². The van der Waals surface area contributed by atoms with Crippen LogP contribution in [0.1, 0.15) is 41.3 Å². The Labute approximate surface area is 141 Å². The topological polar surface area (TPSA) is 81.4 Å². The summed E-state index contributed by atoms with van der Waals surface area (Å²) in [4.78, 5) is 22.9. The number of hydrogen-bond acceptors (Lipinski definition) is 6. The highest BCUT2D eigenvalue weighted by Gasteiger charge is 2.40. The molecule has 2 aromatic rings. The van der Waals surface area contributed by atoms with Gasteiger partial charge in [0.05, 0.1) is 5.56 Å². The molecule has 0 spiro atoms. The van der Waals surface area contributed by atoms with Crippen LogP contribution >= 0.6 is 0 Å². The third-order valence-electron chi connectivity index (χ3n) is 4.70. The molecule has 24 heavy (non-hydrogen) atoms. The number of rotatable bonds is 5. The van der Waals surface area contributed by atoms with E-state index < -0.39 is 0 Å². The molecule has 1 aliphatic heterocycles. The second kappa shape index (κ2) is 7.09. The lowest BCUT2D eigenvalue weighted by atomic mass is 9.75. The Balaban J connectivity index is 1.73. The van der Waals surface area contributed by atoms with Crippen molar-refractivity contribution < 1.29 is 14.1 Å². The number of amides is 1. The summed E-state index contributed by atoms with van der Waals surface area (Å²) in [6, 6.07) is 3.58. The lowest BCUT2D eigenvalue weighted by Crippen LogP contribution is -2.46. The van der Waals surface area contributed by atoms with Gasteiger partial charge in [0.25, 0.3) is 5.91 Å². The summed E-state index contributed by atoms with van der Waals surface area (Å²) in [6.45, 7) is 3.74. The van der Waals surface area contributed by atoms with Gasteiger partial charge in [0.2, 0.25) is 5.89 Å². The third kappa shape index (κ3) is 3.31. The van der Waals surface area contributed by atoms with Gasteiger partial charge in [-0.15, -0.1) is 0 Å². The molecule has 1 saturated heterocycles. The largest absolute Gasteiger partial charge is 0.385 e. The highest BCUT2D eigenvalue weighted by molar-refractivity contribution is 5.93. The molecule has 1 aliphatic rings. The van der Waals surface area contributed by atoms with Gasteiger partial charge >= 0.3 is 0 Å². The van der Waals surface area contributed by atoms with Gasteiger partial charge in [0.1, 0.15) is 0 Å². The monoisotopic (exact) mass is 330 g/mol. The van der Waals surface area contributed by atoms with Crippen molar-refractivity contribution in [2.75, 3.05) is 26.8 Å². The molecule has 3 rings (SSSR count). The number of aromatic nitrogens is 3. The van der Waals surface area contributed by atoms with Gasteiger partial charge in [0.15, 0.2) is 5.82 Å². The van der Waals surface area contributed by atoms with E-state index in [2.05, 4.69) is 15.1 Å². The Morgan fingerprint density at radius 1 is 1.42 bits per heavy atom. The average molecular weight is 330 g/mol. The van der Waals surface area contributed by atoms with Crippen molar-refractivity contribution in [3.8, 4) is 0 Å². The maximum Gasteiger partial charge on any atom is 0.255 e. The van der Waals surface area contributed by atoms with Gasteiger partial charge in [-0.25, -0.2) is 0 Å². The number of carbonyl (C=O) groups excluding carboxylic acids is 1. The van der Waals surface area contributed by atoms with Gasteiger partial charge in [-0.05, 0) is 31.4 Å².